The van der Waals surface area contributed by atoms with Crippen LogP contribution in [0.25, 0.3) is 11.3 Å². The number of rotatable bonds is 6. The Bertz CT molecular complexity index is 701. The van der Waals surface area contributed by atoms with Crippen LogP contribution in [0.4, 0.5) is 5.69 Å². The second-order valence-electron chi connectivity index (χ2n) is 6.17. The van der Waals surface area contributed by atoms with E-state index in [-0.39, 0.29) is 12.3 Å². The average molecular weight is 331 g/mol. The summed E-state index contributed by atoms with van der Waals surface area (Å²) in [6, 6.07) is 6.35. The molecule has 0 aliphatic carbocycles. The summed E-state index contributed by atoms with van der Waals surface area (Å²) in [5.41, 5.74) is 0.690. The minimum Gasteiger partial charge on any atom is -0.441 e. The van der Waals surface area contributed by atoms with Crippen LogP contribution in [0, 0.1) is 16.0 Å². The van der Waals surface area contributed by atoms with Gasteiger partial charge in [0, 0.05) is 43.8 Å². The summed E-state index contributed by atoms with van der Waals surface area (Å²) in [6.45, 7) is 3.03. The van der Waals surface area contributed by atoms with E-state index in [4.69, 9.17) is 4.42 Å². The molecule has 0 bridgehead atoms. The van der Waals surface area contributed by atoms with E-state index in [1.807, 2.05) is 0 Å². The molecule has 0 spiro atoms. The monoisotopic (exact) mass is 331 g/mol. The van der Waals surface area contributed by atoms with E-state index in [0.29, 0.717) is 29.6 Å². The van der Waals surface area contributed by atoms with Gasteiger partial charge in [0.2, 0.25) is 0 Å². The molecule has 0 amide bonds. The van der Waals surface area contributed by atoms with Crippen molar-refractivity contribution in [2.45, 2.75) is 19.3 Å². The highest BCUT2D eigenvalue weighted by Crippen LogP contribution is 2.25. The molecule has 0 radical (unpaired) electrons. The zero-order valence-electron chi connectivity index (χ0n) is 13.4. The summed E-state index contributed by atoms with van der Waals surface area (Å²) in [5.74, 6) is 1.53. The number of aromatic nitrogens is 1. The maximum absolute atomic E-state index is 10.9. The lowest BCUT2D eigenvalue weighted by molar-refractivity contribution is -0.384. The highest BCUT2D eigenvalue weighted by Gasteiger charge is 2.19. The van der Waals surface area contributed by atoms with Crippen LogP contribution in [0.5, 0.6) is 0 Å². The van der Waals surface area contributed by atoms with Gasteiger partial charge in [0.15, 0.2) is 11.7 Å². The van der Waals surface area contributed by atoms with Crippen LogP contribution in [0.1, 0.15) is 18.7 Å². The van der Waals surface area contributed by atoms with E-state index in [1.54, 1.807) is 18.3 Å². The summed E-state index contributed by atoms with van der Waals surface area (Å²) in [5, 5.41) is 20.1. The lowest BCUT2D eigenvalue weighted by atomic mass is 9.99. The molecular weight excluding hydrogens is 310 g/mol. The van der Waals surface area contributed by atoms with Gasteiger partial charge in [-0.05, 0) is 25.3 Å². The lowest BCUT2D eigenvalue weighted by Crippen LogP contribution is -2.37. The van der Waals surface area contributed by atoms with Crippen LogP contribution < -0.4 is 0 Å². The van der Waals surface area contributed by atoms with Crippen LogP contribution in [0.15, 0.2) is 34.9 Å². The predicted octanol–water partition coefficient (Wildman–Crippen LogP) is 2.50. The predicted molar refractivity (Wildman–Crippen MR) is 88.5 cm³/mol. The molecule has 1 atom stereocenters. The fourth-order valence-electron chi connectivity index (χ4n) is 3.09. The molecule has 7 heteroatoms. The van der Waals surface area contributed by atoms with Gasteiger partial charge >= 0.3 is 0 Å². The molecule has 1 fully saturated rings. The van der Waals surface area contributed by atoms with Gasteiger partial charge < -0.3 is 14.4 Å². The van der Waals surface area contributed by atoms with E-state index in [0.717, 1.165) is 32.5 Å². The molecule has 7 nitrogen and oxygen atoms in total. The number of benzene rings is 1. The van der Waals surface area contributed by atoms with Gasteiger partial charge in [0.05, 0.1) is 11.1 Å². The van der Waals surface area contributed by atoms with Gasteiger partial charge in [-0.1, -0.05) is 12.1 Å². The maximum Gasteiger partial charge on any atom is 0.270 e. The van der Waals surface area contributed by atoms with Crippen molar-refractivity contribution in [2.75, 3.05) is 26.2 Å². The summed E-state index contributed by atoms with van der Waals surface area (Å²) >= 11 is 0. The highest BCUT2D eigenvalue weighted by atomic mass is 16.6. The van der Waals surface area contributed by atoms with Crippen molar-refractivity contribution >= 4 is 5.69 Å². The standard InChI is InChI=1S/C17H21N3O4/c21-12-13-3-2-7-19(11-13)8-6-17-18-10-16(24-17)14-4-1-5-15(9-14)20(22)23/h1,4-5,9-10,13,21H,2-3,6-8,11-12H2. The lowest BCUT2D eigenvalue weighted by Gasteiger charge is -2.31. The SMILES string of the molecule is O=[N+]([O-])c1cccc(-c2cnc(CCN3CCCC(CO)C3)o2)c1. The number of oxazole rings is 1. The van der Waals surface area contributed by atoms with Gasteiger partial charge in [0.25, 0.3) is 5.69 Å². The van der Waals surface area contributed by atoms with E-state index in [9.17, 15) is 15.2 Å². The van der Waals surface area contributed by atoms with Gasteiger partial charge in [0.1, 0.15) is 0 Å². The number of nitro benzene ring substituents is 1. The van der Waals surface area contributed by atoms with Crippen LogP contribution in [-0.2, 0) is 6.42 Å². The van der Waals surface area contributed by atoms with Crippen LogP contribution in [0.2, 0.25) is 0 Å². The molecule has 1 unspecified atom stereocenters. The molecule has 3 rings (SSSR count). The van der Waals surface area contributed by atoms with Gasteiger partial charge in [-0.25, -0.2) is 4.98 Å². The molecule has 1 aromatic heterocycles. The molecule has 2 heterocycles. The third kappa shape index (κ3) is 3.98. The molecule has 2 aromatic rings. The third-order valence-electron chi connectivity index (χ3n) is 4.40. The molecule has 24 heavy (non-hydrogen) atoms. The largest absolute Gasteiger partial charge is 0.441 e. The Morgan fingerprint density at radius 3 is 3.12 bits per heavy atom. The molecule has 1 aliphatic heterocycles. The van der Waals surface area contributed by atoms with Gasteiger partial charge in [-0.3, -0.25) is 10.1 Å². The Labute approximate surface area is 140 Å². The van der Waals surface area contributed by atoms with Crippen molar-refractivity contribution in [1.82, 2.24) is 9.88 Å². The average Bonchev–Trinajstić information content (AvgIpc) is 3.09. The van der Waals surface area contributed by atoms with Crippen molar-refractivity contribution in [2.24, 2.45) is 5.92 Å². The number of hydrogen-bond acceptors (Lipinski definition) is 6. The molecule has 1 aliphatic rings. The number of hydrogen-bond donors (Lipinski definition) is 1. The second-order valence-corrected chi connectivity index (χ2v) is 6.17. The van der Waals surface area contributed by atoms with Crippen molar-refractivity contribution in [1.29, 1.82) is 0 Å². The minimum absolute atomic E-state index is 0.0359. The van der Waals surface area contributed by atoms with E-state index >= 15 is 0 Å². The van der Waals surface area contributed by atoms with Crippen LogP contribution in [-0.4, -0.2) is 46.2 Å². The van der Waals surface area contributed by atoms with Crippen molar-refractivity contribution in [3.05, 3.63) is 46.5 Å². The normalized spacial score (nSPS) is 18.6. The molecule has 1 aromatic carbocycles. The third-order valence-corrected chi connectivity index (χ3v) is 4.40. The van der Waals surface area contributed by atoms with E-state index < -0.39 is 4.92 Å². The van der Waals surface area contributed by atoms with E-state index in [1.165, 1.54) is 12.1 Å². The summed E-state index contributed by atoms with van der Waals surface area (Å²) in [6.07, 6.45) is 4.49. The first kappa shape index (κ1) is 16.6. The summed E-state index contributed by atoms with van der Waals surface area (Å²) in [4.78, 5) is 17.0. The topological polar surface area (TPSA) is 92.6 Å². The van der Waals surface area contributed by atoms with Crippen molar-refractivity contribution < 1.29 is 14.4 Å². The Kier molecular flexibility index (Phi) is 5.22. The zero-order chi connectivity index (χ0) is 16.9. The van der Waals surface area contributed by atoms with Gasteiger partial charge in [-0.2, -0.15) is 0 Å². The molecule has 128 valence electrons. The van der Waals surface area contributed by atoms with Gasteiger partial charge in [-0.15, -0.1) is 0 Å². The fraction of sp³-hybridized carbons (Fsp3) is 0.471. The maximum atomic E-state index is 10.9. The van der Waals surface area contributed by atoms with Crippen molar-refractivity contribution in [3.63, 3.8) is 0 Å². The highest BCUT2D eigenvalue weighted by molar-refractivity contribution is 5.60. The first-order valence-corrected chi connectivity index (χ1v) is 8.18. The first-order valence-electron chi connectivity index (χ1n) is 8.18. The molecule has 0 saturated carbocycles. The summed E-state index contributed by atoms with van der Waals surface area (Å²) in [7, 11) is 0. The Morgan fingerprint density at radius 2 is 2.33 bits per heavy atom. The number of nitrogens with zero attached hydrogens (tertiary/aromatic N) is 3. The molecular formula is C17H21N3O4. The number of likely N-dealkylation sites (tertiary alicyclic amines) is 1. The Balaban J connectivity index is 1.61. The Morgan fingerprint density at radius 1 is 1.46 bits per heavy atom. The fourth-order valence-corrected chi connectivity index (χ4v) is 3.09. The quantitative estimate of drug-likeness (QED) is 0.646. The second kappa shape index (κ2) is 7.55. The number of aliphatic hydroxyl groups is 1. The molecule has 1 saturated heterocycles. The number of nitro groups is 1. The number of piperidine rings is 1. The van der Waals surface area contributed by atoms with Crippen LogP contribution in [0.3, 0.4) is 0 Å². The smallest absolute Gasteiger partial charge is 0.270 e. The van der Waals surface area contributed by atoms with Crippen molar-refractivity contribution in [3.8, 4) is 11.3 Å². The molecule has 1 N–H and O–H groups in total. The van der Waals surface area contributed by atoms with E-state index in [2.05, 4.69) is 9.88 Å². The minimum atomic E-state index is -0.422. The Hall–Kier alpha value is -2.25. The zero-order valence-corrected chi connectivity index (χ0v) is 13.4. The van der Waals surface area contributed by atoms with Crippen LogP contribution >= 0.6 is 0 Å². The first-order chi connectivity index (χ1) is 11.7. The number of aliphatic hydroxyl groups excluding tert-OH is 1. The number of non-ortho nitro benzene ring substituents is 1. The summed E-state index contributed by atoms with van der Waals surface area (Å²) < 4.78 is 5.74.